The Kier molecular flexibility index (Phi) is 8.39. The molecule has 2 heterocycles. The summed E-state index contributed by atoms with van der Waals surface area (Å²) in [4.78, 5) is 44.6. The molecule has 1 aliphatic carbocycles. The number of halogens is 2. The summed E-state index contributed by atoms with van der Waals surface area (Å²) >= 11 is 6.52. The van der Waals surface area contributed by atoms with Crippen LogP contribution in [-0.4, -0.2) is 35.3 Å². The summed E-state index contributed by atoms with van der Waals surface area (Å²) in [5.74, 6) is -1.49. The zero-order valence-corrected chi connectivity index (χ0v) is 24.7. The SMILES string of the molecule is CC1C(C(=O)c2ccccc2Cl)C(c2ccc3c(c2)OCO3)N(C(=O)C2CCCCC2)C1C(=O)NCc1ccc(F)cc1. The lowest BCUT2D eigenvalue weighted by Gasteiger charge is -2.35. The van der Waals surface area contributed by atoms with E-state index in [1.54, 1.807) is 47.4 Å². The summed E-state index contributed by atoms with van der Waals surface area (Å²) in [5.41, 5.74) is 1.77. The number of nitrogens with zero attached hydrogens (tertiary/aromatic N) is 1. The molecule has 0 spiro atoms. The van der Waals surface area contributed by atoms with Crippen LogP contribution >= 0.6 is 11.6 Å². The van der Waals surface area contributed by atoms with E-state index in [0.717, 1.165) is 37.7 Å². The van der Waals surface area contributed by atoms with E-state index >= 15 is 0 Å². The Morgan fingerprint density at radius 1 is 0.953 bits per heavy atom. The number of hydrogen-bond acceptors (Lipinski definition) is 5. The summed E-state index contributed by atoms with van der Waals surface area (Å²) in [6, 6.07) is 16.6. The van der Waals surface area contributed by atoms with Crippen LogP contribution in [0.2, 0.25) is 5.02 Å². The highest BCUT2D eigenvalue weighted by Crippen LogP contribution is 2.50. The van der Waals surface area contributed by atoms with Crippen LogP contribution in [-0.2, 0) is 16.1 Å². The van der Waals surface area contributed by atoms with Crippen molar-refractivity contribution in [2.75, 3.05) is 6.79 Å². The van der Waals surface area contributed by atoms with Crippen molar-refractivity contribution < 1.29 is 28.2 Å². The molecule has 3 aliphatic rings. The molecule has 0 bridgehead atoms. The van der Waals surface area contributed by atoms with Crippen molar-refractivity contribution in [1.29, 1.82) is 0 Å². The first-order valence-corrected chi connectivity index (χ1v) is 15.2. The molecule has 1 N–H and O–H groups in total. The number of rotatable bonds is 7. The number of carbonyl (C=O) groups excluding carboxylic acids is 3. The number of amides is 2. The van der Waals surface area contributed by atoms with Gasteiger partial charge in [0.2, 0.25) is 18.6 Å². The smallest absolute Gasteiger partial charge is 0.243 e. The maximum Gasteiger partial charge on any atom is 0.243 e. The van der Waals surface area contributed by atoms with E-state index in [2.05, 4.69) is 5.32 Å². The normalized spacial score (nSPS) is 23.3. The molecular formula is C34H34ClFN2O5. The summed E-state index contributed by atoms with van der Waals surface area (Å²) in [7, 11) is 0. The van der Waals surface area contributed by atoms with Gasteiger partial charge in [0.25, 0.3) is 0 Å². The standard InChI is InChI=1S/C34H34ClFN2O5/c1-20-29(32(39)25-9-5-6-10-26(25)35)31(23-13-16-27-28(17-23)43-19-42-27)38(34(41)22-7-3-2-4-8-22)30(20)33(40)37-18-21-11-14-24(36)15-12-21/h5-6,9-17,20,22,29-31H,2-4,7-8,18-19H2,1H3,(H,37,40). The Morgan fingerprint density at radius 3 is 2.42 bits per heavy atom. The molecule has 2 fully saturated rings. The molecule has 4 unspecified atom stereocenters. The predicted octanol–water partition coefficient (Wildman–Crippen LogP) is 6.49. The molecule has 7 nitrogen and oxygen atoms in total. The molecule has 1 saturated carbocycles. The quantitative estimate of drug-likeness (QED) is 0.312. The van der Waals surface area contributed by atoms with E-state index in [1.165, 1.54) is 12.1 Å². The number of fused-ring (bicyclic) bond motifs is 1. The fourth-order valence-corrected chi connectivity index (χ4v) is 7.10. The predicted molar refractivity (Wildman–Crippen MR) is 159 cm³/mol. The van der Waals surface area contributed by atoms with E-state index in [1.807, 2.05) is 19.1 Å². The van der Waals surface area contributed by atoms with Gasteiger partial charge in [0.05, 0.1) is 17.0 Å². The van der Waals surface area contributed by atoms with Crippen molar-refractivity contribution in [3.8, 4) is 11.5 Å². The number of nitrogens with one attached hydrogen (secondary N) is 1. The summed E-state index contributed by atoms with van der Waals surface area (Å²) in [5, 5.41) is 3.28. The Hall–Kier alpha value is -3.91. The molecular weight excluding hydrogens is 571 g/mol. The van der Waals surface area contributed by atoms with Crippen LogP contribution in [0.1, 0.15) is 66.6 Å². The Labute approximate surface area is 255 Å². The zero-order valence-electron chi connectivity index (χ0n) is 23.9. The Morgan fingerprint density at radius 2 is 1.67 bits per heavy atom. The summed E-state index contributed by atoms with van der Waals surface area (Å²) < 4.78 is 24.7. The number of ether oxygens (including phenoxy) is 2. The molecule has 0 radical (unpaired) electrons. The number of hydrogen-bond donors (Lipinski definition) is 1. The lowest BCUT2D eigenvalue weighted by atomic mass is 9.80. The molecule has 3 aromatic rings. The van der Waals surface area contributed by atoms with Crippen LogP contribution in [0.15, 0.2) is 66.7 Å². The number of likely N-dealkylation sites (tertiary alicyclic amines) is 1. The third-order valence-corrected chi connectivity index (χ3v) is 9.37. The van der Waals surface area contributed by atoms with Gasteiger partial charge in [0.1, 0.15) is 11.9 Å². The van der Waals surface area contributed by atoms with E-state index in [-0.39, 0.29) is 42.7 Å². The zero-order chi connectivity index (χ0) is 30.1. The average molecular weight is 605 g/mol. The van der Waals surface area contributed by atoms with Gasteiger partial charge in [-0.3, -0.25) is 14.4 Å². The number of Topliss-reactive ketones (excluding diaryl/α,β-unsaturated/α-hetero) is 1. The number of ketones is 1. The van der Waals surface area contributed by atoms with Gasteiger partial charge in [-0.05, 0) is 66.3 Å². The molecule has 2 aliphatic heterocycles. The highest BCUT2D eigenvalue weighted by atomic mass is 35.5. The van der Waals surface area contributed by atoms with Gasteiger partial charge in [0, 0.05) is 18.0 Å². The second-order valence-corrected chi connectivity index (χ2v) is 12.1. The molecule has 6 rings (SSSR count). The van der Waals surface area contributed by atoms with E-state index in [4.69, 9.17) is 21.1 Å². The third kappa shape index (κ3) is 5.73. The summed E-state index contributed by atoms with van der Waals surface area (Å²) in [6.07, 6.45) is 4.44. The minimum absolute atomic E-state index is 0.0843. The summed E-state index contributed by atoms with van der Waals surface area (Å²) in [6.45, 7) is 2.10. The average Bonchev–Trinajstić information content (AvgIpc) is 3.62. The molecule has 0 aromatic heterocycles. The van der Waals surface area contributed by atoms with Gasteiger partial charge in [-0.2, -0.15) is 0 Å². The van der Waals surface area contributed by atoms with Crippen molar-refractivity contribution in [1.82, 2.24) is 10.2 Å². The monoisotopic (exact) mass is 604 g/mol. The van der Waals surface area contributed by atoms with Gasteiger partial charge in [0.15, 0.2) is 17.3 Å². The van der Waals surface area contributed by atoms with Gasteiger partial charge in [-0.15, -0.1) is 0 Å². The number of benzene rings is 3. The lowest BCUT2D eigenvalue weighted by Crippen LogP contribution is -2.50. The van der Waals surface area contributed by atoms with Crippen molar-refractivity contribution in [3.05, 3.63) is 94.3 Å². The molecule has 9 heteroatoms. The largest absolute Gasteiger partial charge is 0.454 e. The lowest BCUT2D eigenvalue weighted by molar-refractivity contribution is -0.145. The minimum Gasteiger partial charge on any atom is -0.454 e. The van der Waals surface area contributed by atoms with Crippen LogP contribution in [0, 0.1) is 23.6 Å². The minimum atomic E-state index is -0.915. The molecule has 4 atom stereocenters. The first-order valence-electron chi connectivity index (χ1n) is 14.9. The number of carbonyl (C=O) groups is 3. The molecule has 2 amide bonds. The van der Waals surface area contributed by atoms with Crippen LogP contribution < -0.4 is 14.8 Å². The second-order valence-electron chi connectivity index (χ2n) is 11.7. The van der Waals surface area contributed by atoms with E-state index in [0.29, 0.717) is 27.6 Å². The van der Waals surface area contributed by atoms with Crippen LogP contribution in [0.25, 0.3) is 0 Å². The fourth-order valence-electron chi connectivity index (χ4n) is 6.87. The molecule has 3 aromatic carbocycles. The van der Waals surface area contributed by atoms with Crippen molar-refractivity contribution in [2.45, 2.75) is 57.7 Å². The third-order valence-electron chi connectivity index (χ3n) is 9.04. The van der Waals surface area contributed by atoms with E-state index < -0.39 is 23.9 Å². The van der Waals surface area contributed by atoms with Crippen LogP contribution in [0.3, 0.4) is 0 Å². The first-order chi connectivity index (χ1) is 20.8. The Bertz CT molecular complexity index is 1520. The first kappa shape index (κ1) is 29.2. The van der Waals surface area contributed by atoms with E-state index in [9.17, 15) is 18.8 Å². The topological polar surface area (TPSA) is 84.9 Å². The van der Waals surface area contributed by atoms with Crippen molar-refractivity contribution in [2.24, 2.45) is 17.8 Å². The van der Waals surface area contributed by atoms with Crippen molar-refractivity contribution in [3.63, 3.8) is 0 Å². The molecule has 43 heavy (non-hydrogen) atoms. The maximum atomic E-state index is 14.5. The van der Waals surface area contributed by atoms with Crippen LogP contribution in [0.5, 0.6) is 11.5 Å². The van der Waals surface area contributed by atoms with Gasteiger partial charge >= 0.3 is 0 Å². The van der Waals surface area contributed by atoms with Crippen LogP contribution in [0.4, 0.5) is 4.39 Å². The fraction of sp³-hybridized carbons (Fsp3) is 0.382. The van der Waals surface area contributed by atoms with Gasteiger partial charge < -0.3 is 19.7 Å². The van der Waals surface area contributed by atoms with Gasteiger partial charge in [-0.25, -0.2) is 4.39 Å². The van der Waals surface area contributed by atoms with Gasteiger partial charge in [-0.1, -0.05) is 68.1 Å². The maximum absolute atomic E-state index is 14.5. The highest BCUT2D eigenvalue weighted by Gasteiger charge is 2.56. The highest BCUT2D eigenvalue weighted by molar-refractivity contribution is 6.34. The Balaban J connectivity index is 1.43. The van der Waals surface area contributed by atoms with Crippen molar-refractivity contribution >= 4 is 29.2 Å². The molecule has 1 saturated heterocycles. The second kappa shape index (κ2) is 12.4. The molecule has 224 valence electrons.